The molecule has 1 saturated heterocycles. The second-order valence-electron chi connectivity index (χ2n) is 5.37. The molecule has 2 aromatic rings. The number of nitrogens with two attached hydrogens (primary N) is 1. The van der Waals surface area contributed by atoms with E-state index in [2.05, 4.69) is 25.0 Å². The topological polar surface area (TPSA) is 226 Å². The molecule has 3 heterocycles. The van der Waals surface area contributed by atoms with E-state index >= 15 is 0 Å². The Bertz CT molecular complexity index is 967. The van der Waals surface area contributed by atoms with Gasteiger partial charge in [-0.2, -0.15) is 0 Å². The van der Waals surface area contributed by atoms with Crippen molar-refractivity contribution < 1.29 is 29.3 Å². The molecule has 0 bridgehead atoms. The Morgan fingerprint density at radius 2 is 2.15 bits per heavy atom. The standard InChI is InChI=1S/C11H13N8O6P/c12-8-5-9(15-3-14-8)19(4-16-5)10-6(20)7(21)11(25-10,17-18-13)1-2-26(22,23)24/h1-4,6-7,10,20-21H,(H2,12,14,15)(H2,22,23,24)/b2-1+/t6-,7+,10-,11-/m1/s1. The molecule has 0 unspecified atom stereocenters. The van der Waals surface area contributed by atoms with E-state index in [1.165, 1.54) is 10.9 Å². The van der Waals surface area contributed by atoms with Gasteiger partial charge in [-0.3, -0.25) is 9.13 Å². The fourth-order valence-electron chi connectivity index (χ4n) is 2.54. The molecule has 138 valence electrons. The molecule has 1 fully saturated rings. The second kappa shape index (κ2) is 6.30. The molecule has 4 atom stereocenters. The molecule has 0 aliphatic carbocycles. The Hall–Kier alpha value is -2.57. The molecule has 3 rings (SSSR count). The SMILES string of the molecule is [N-]=[N+]=N[C@]1(/C=C/P(=O)(O)O)O[C@@H](n2cnc3c(N)ncnc32)[C@H](O)[C@@H]1O. The molecule has 15 heteroatoms. The fourth-order valence-corrected chi connectivity index (χ4v) is 2.95. The summed E-state index contributed by atoms with van der Waals surface area (Å²) in [6.07, 6.45) is -1.74. The third-order valence-corrected chi connectivity index (χ3v) is 4.26. The molecule has 6 N–H and O–H groups in total. The monoisotopic (exact) mass is 384 g/mol. The highest BCUT2D eigenvalue weighted by Gasteiger charge is 2.54. The van der Waals surface area contributed by atoms with Gasteiger partial charge >= 0.3 is 7.60 Å². The number of hydrogen-bond acceptors (Lipinski definition) is 9. The number of anilines is 1. The largest absolute Gasteiger partial charge is 0.387 e. The summed E-state index contributed by atoms with van der Waals surface area (Å²) in [5, 5.41) is 23.9. The predicted molar refractivity (Wildman–Crippen MR) is 84.9 cm³/mol. The Balaban J connectivity index is 2.08. The quantitative estimate of drug-likeness (QED) is 0.194. The Morgan fingerprint density at radius 3 is 2.81 bits per heavy atom. The number of aliphatic hydroxyl groups excluding tert-OH is 2. The van der Waals surface area contributed by atoms with Crippen LogP contribution >= 0.6 is 7.60 Å². The van der Waals surface area contributed by atoms with Crippen LogP contribution in [-0.4, -0.2) is 57.5 Å². The van der Waals surface area contributed by atoms with E-state index in [4.69, 9.17) is 25.8 Å². The van der Waals surface area contributed by atoms with E-state index in [1.807, 2.05) is 0 Å². The van der Waals surface area contributed by atoms with Crippen molar-refractivity contribution in [3.63, 3.8) is 0 Å². The molecule has 1 aliphatic rings. The lowest BCUT2D eigenvalue weighted by Gasteiger charge is -2.22. The van der Waals surface area contributed by atoms with E-state index in [0.29, 0.717) is 11.9 Å². The first-order valence-corrected chi connectivity index (χ1v) is 8.65. The molecule has 26 heavy (non-hydrogen) atoms. The normalized spacial score (nSPS) is 29.3. The van der Waals surface area contributed by atoms with Crippen LogP contribution in [0, 0.1) is 0 Å². The van der Waals surface area contributed by atoms with Crippen LogP contribution in [0.4, 0.5) is 5.82 Å². The van der Waals surface area contributed by atoms with Gasteiger partial charge in [-0.15, -0.1) is 0 Å². The minimum Gasteiger partial charge on any atom is -0.387 e. The summed E-state index contributed by atoms with van der Waals surface area (Å²) >= 11 is 0. The Kier molecular flexibility index (Phi) is 4.42. The van der Waals surface area contributed by atoms with Crippen molar-refractivity contribution >= 4 is 24.6 Å². The number of azide groups is 1. The van der Waals surface area contributed by atoms with Crippen molar-refractivity contribution in [1.29, 1.82) is 0 Å². The molecular formula is C11H13N8O6P. The zero-order chi connectivity index (χ0) is 19.1. The van der Waals surface area contributed by atoms with Gasteiger partial charge in [0.05, 0.1) is 6.33 Å². The van der Waals surface area contributed by atoms with E-state index in [9.17, 15) is 14.8 Å². The highest BCUT2D eigenvalue weighted by Crippen LogP contribution is 2.44. The van der Waals surface area contributed by atoms with Gasteiger partial charge < -0.3 is 30.5 Å². The highest BCUT2D eigenvalue weighted by atomic mass is 31.2. The minimum absolute atomic E-state index is 0.0736. The summed E-state index contributed by atoms with van der Waals surface area (Å²) < 4.78 is 17.8. The highest BCUT2D eigenvalue weighted by molar-refractivity contribution is 7.55. The second-order valence-corrected chi connectivity index (χ2v) is 6.85. The lowest BCUT2D eigenvalue weighted by Crippen LogP contribution is -2.39. The van der Waals surface area contributed by atoms with Gasteiger partial charge in [-0.25, -0.2) is 15.0 Å². The molecule has 2 aromatic heterocycles. The van der Waals surface area contributed by atoms with Gasteiger partial charge in [0.25, 0.3) is 0 Å². The summed E-state index contributed by atoms with van der Waals surface area (Å²) in [6, 6.07) is 0. The summed E-state index contributed by atoms with van der Waals surface area (Å²) in [6.45, 7) is 0. The zero-order valence-corrected chi connectivity index (χ0v) is 13.7. The van der Waals surface area contributed by atoms with Crippen LogP contribution in [-0.2, 0) is 9.30 Å². The van der Waals surface area contributed by atoms with E-state index in [1.54, 1.807) is 0 Å². The van der Waals surface area contributed by atoms with Gasteiger partial charge in [-0.1, -0.05) is 5.11 Å². The molecule has 0 radical (unpaired) electrons. The van der Waals surface area contributed by atoms with Crippen LogP contribution in [0.5, 0.6) is 0 Å². The molecule has 0 aromatic carbocycles. The minimum atomic E-state index is -4.65. The van der Waals surface area contributed by atoms with Crippen molar-refractivity contribution in [2.45, 2.75) is 24.2 Å². The molecule has 1 aliphatic heterocycles. The number of nitrogens with zero attached hydrogens (tertiary/aromatic N) is 7. The summed E-state index contributed by atoms with van der Waals surface area (Å²) in [5.41, 5.74) is 12.6. The summed E-state index contributed by atoms with van der Waals surface area (Å²) in [4.78, 5) is 32.2. The van der Waals surface area contributed by atoms with Crippen LogP contribution in [0.25, 0.3) is 21.6 Å². The van der Waals surface area contributed by atoms with Crippen molar-refractivity contribution in [3.8, 4) is 0 Å². The maximum absolute atomic E-state index is 11.1. The number of aromatic nitrogens is 4. The number of hydrogen-bond donors (Lipinski definition) is 5. The Morgan fingerprint density at radius 1 is 1.42 bits per heavy atom. The van der Waals surface area contributed by atoms with E-state index in [-0.39, 0.29) is 17.0 Å². The van der Waals surface area contributed by atoms with Crippen molar-refractivity contribution in [3.05, 3.63) is 35.0 Å². The molecule has 0 spiro atoms. The average molecular weight is 384 g/mol. The third-order valence-electron chi connectivity index (χ3n) is 3.72. The smallest absolute Gasteiger partial charge is 0.348 e. The van der Waals surface area contributed by atoms with Crippen LogP contribution < -0.4 is 5.73 Å². The van der Waals surface area contributed by atoms with Gasteiger partial charge in [-0.05, 0) is 11.6 Å². The van der Waals surface area contributed by atoms with Gasteiger partial charge in [0, 0.05) is 10.7 Å². The maximum atomic E-state index is 11.1. The van der Waals surface area contributed by atoms with Crippen LogP contribution in [0.3, 0.4) is 0 Å². The number of aliphatic hydroxyl groups is 2. The van der Waals surface area contributed by atoms with Crippen molar-refractivity contribution in [2.75, 3.05) is 5.73 Å². The number of nitrogen functional groups attached to an aromatic ring is 1. The van der Waals surface area contributed by atoms with Gasteiger partial charge in [0.15, 0.2) is 23.4 Å². The number of imidazole rings is 1. The lowest BCUT2D eigenvalue weighted by atomic mass is 10.1. The van der Waals surface area contributed by atoms with Crippen molar-refractivity contribution in [1.82, 2.24) is 19.5 Å². The molecule has 0 amide bonds. The summed E-state index contributed by atoms with van der Waals surface area (Å²) in [5.74, 6) is 0.483. The van der Waals surface area contributed by atoms with E-state index in [0.717, 1.165) is 6.33 Å². The molecule has 0 saturated carbocycles. The average Bonchev–Trinajstić information content (AvgIpc) is 3.09. The molecular weight excluding hydrogens is 371 g/mol. The van der Waals surface area contributed by atoms with Gasteiger partial charge in [0.2, 0.25) is 0 Å². The fraction of sp³-hybridized carbons (Fsp3) is 0.364. The maximum Gasteiger partial charge on any atom is 0.348 e. The first-order chi connectivity index (χ1) is 12.2. The zero-order valence-electron chi connectivity index (χ0n) is 12.8. The van der Waals surface area contributed by atoms with Crippen LogP contribution in [0.15, 0.2) is 29.7 Å². The predicted octanol–water partition coefficient (Wildman–Crippen LogP) is -0.643. The van der Waals surface area contributed by atoms with Crippen LogP contribution in [0.2, 0.25) is 0 Å². The lowest BCUT2D eigenvalue weighted by molar-refractivity contribution is -0.0695. The number of ether oxygens (including phenoxy) is 1. The number of fused-ring (bicyclic) bond motifs is 1. The third kappa shape index (κ3) is 3.02. The van der Waals surface area contributed by atoms with Gasteiger partial charge in [0.1, 0.15) is 24.1 Å². The van der Waals surface area contributed by atoms with Crippen molar-refractivity contribution in [2.24, 2.45) is 5.11 Å². The molecule has 14 nitrogen and oxygen atoms in total. The Labute approximate surface area is 144 Å². The van der Waals surface area contributed by atoms with Crippen LogP contribution in [0.1, 0.15) is 6.23 Å². The summed E-state index contributed by atoms with van der Waals surface area (Å²) in [7, 11) is -4.65. The first-order valence-electron chi connectivity index (χ1n) is 6.97. The number of rotatable bonds is 4. The first kappa shape index (κ1) is 18.2. The van der Waals surface area contributed by atoms with E-state index < -0.39 is 31.8 Å².